The van der Waals surface area contributed by atoms with Crippen molar-refractivity contribution in [2.75, 3.05) is 39.8 Å². The summed E-state index contributed by atoms with van der Waals surface area (Å²) in [4.78, 5) is 23.2. The summed E-state index contributed by atoms with van der Waals surface area (Å²) in [6.07, 6.45) is 1.30. The van der Waals surface area contributed by atoms with E-state index in [0.717, 1.165) is 60.3 Å². The van der Waals surface area contributed by atoms with Crippen LogP contribution in [0.25, 0.3) is 11.3 Å². The third-order valence-corrected chi connectivity index (χ3v) is 6.40. The molecule has 0 bridgehead atoms. The molecule has 0 spiro atoms. The maximum atomic E-state index is 12.7. The minimum absolute atomic E-state index is 0.0693. The van der Waals surface area contributed by atoms with Gasteiger partial charge in [0.2, 0.25) is 5.91 Å². The number of nitrogens with one attached hydrogen (secondary N) is 1. The maximum absolute atomic E-state index is 12.7. The predicted molar refractivity (Wildman–Crippen MR) is 117 cm³/mol. The monoisotopic (exact) mass is 420 g/mol. The number of amides is 1. The first kappa shape index (κ1) is 21.2. The van der Waals surface area contributed by atoms with Gasteiger partial charge in [0, 0.05) is 54.2 Å². The van der Waals surface area contributed by atoms with Crippen molar-refractivity contribution in [3.8, 4) is 11.3 Å². The largest absolute Gasteiger partial charge is 0.352 e. The quantitative estimate of drug-likeness (QED) is 0.745. The van der Waals surface area contributed by atoms with Crippen molar-refractivity contribution in [1.82, 2.24) is 20.1 Å². The SMILES string of the molecule is CC[C@H](CN1CCN(C)CC1)NC(=O)Cc1sc(C)nc1-c1ccc(Cl)cc1. The summed E-state index contributed by atoms with van der Waals surface area (Å²) >= 11 is 7.59. The molecule has 1 N–H and O–H groups in total. The van der Waals surface area contributed by atoms with Crippen molar-refractivity contribution >= 4 is 28.8 Å². The number of hydrogen-bond donors (Lipinski definition) is 1. The van der Waals surface area contributed by atoms with Gasteiger partial charge >= 0.3 is 0 Å². The zero-order chi connectivity index (χ0) is 20.1. The van der Waals surface area contributed by atoms with Gasteiger partial charge in [0.05, 0.1) is 17.1 Å². The Morgan fingerprint density at radius 3 is 2.57 bits per heavy atom. The van der Waals surface area contributed by atoms with Crippen molar-refractivity contribution < 1.29 is 4.79 Å². The molecule has 28 heavy (non-hydrogen) atoms. The fourth-order valence-corrected chi connectivity index (χ4v) is 4.55. The molecule has 152 valence electrons. The maximum Gasteiger partial charge on any atom is 0.225 e. The third kappa shape index (κ3) is 5.77. The number of rotatable bonds is 7. The molecule has 1 aromatic carbocycles. The van der Waals surface area contributed by atoms with E-state index in [-0.39, 0.29) is 11.9 Å². The Morgan fingerprint density at radius 1 is 1.25 bits per heavy atom. The Hall–Kier alpha value is -1.47. The Kier molecular flexibility index (Phi) is 7.46. The van der Waals surface area contributed by atoms with Gasteiger partial charge in [0.25, 0.3) is 0 Å². The number of piperazine rings is 1. The van der Waals surface area contributed by atoms with Gasteiger partial charge in [0.15, 0.2) is 0 Å². The highest BCUT2D eigenvalue weighted by Crippen LogP contribution is 2.29. The number of carbonyl (C=O) groups excluding carboxylic acids is 1. The summed E-state index contributed by atoms with van der Waals surface area (Å²) in [7, 11) is 2.16. The van der Waals surface area contributed by atoms with E-state index in [2.05, 4.69) is 34.1 Å². The van der Waals surface area contributed by atoms with Crippen molar-refractivity contribution in [3.05, 3.63) is 39.2 Å². The molecule has 7 heteroatoms. The van der Waals surface area contributed by atoms with Gasteiger partial charge in [-0.15, -0.1) is 11.3 Å². The Morgan fingerprint density at radius 2 is 1.93 bits per heavy atom. The molecule has 1 fully saturated rings. The van der Waals surface area contributed by atoms with Gasteiger partial charge in [-0.1, -0.05) is 30.7 Å². The van der Waals surface area contributed by atoms with E-state index in [4.69, 9.17) is 11.6 Å². The zero-order valence-corrected chi connectivity index (χ0v) is 18.4. The van der Waals surface area contributed by atoms with Crippen molar-refractivity contribution in [3.63, 3.8) is 0 Å². The van der Waals surface area contributed by atoms with Crippen LogP contribution in [-0.2, 0) is 11.2 Å². The number of nitrogens with zero attached hydrogens (tertiary/aromatic N) is 3. The molecule has 3 rings (SSSR count). The van der Waals surface area contributed by atoms with Gasteiger partial charge in [-0.2, -0.15) is 0 Å². The molecule has 0 radical (unpaired) electrons. The van der Waals surface area contributed by atoms with E-state index in [9.17, 15) is 4.79 Å². The first-order valence-electron chi connectivity index (χ1n) is 9.87. The summed E-state index contributed by atoms with van der Waals surface area (Å²) in [6, 6.07) is 7.82. The lowest BCUT2D eigenvalue weighted by Gasteiger charge is -2.34. The van der Waals surface area contributed by atoms with Gasteiger partial charge in [-0.25, -0.2) is 4.98 Å². The molecule has 1 aliphatic heterocycles. The van der Waals surface area contributed by atoms with Crippen LogP contribution >= 0.6 is 22.9 Å². The average molecular weight is 421 g/mol. The molecule has 1 aromatic heterocycles. The molecule has 5 nitrogen and oxygen atoms in total. The minimum Gasteiger partial charge on any atom is -0.352 e. The van der Waals surface area contributed by atoms with Gasteiger partial charge in [-0.3, -0.25) is 9.69 Å². The van der Waals surface area contributed by atoms with E-state index in [0.29, 0.717) is 11.4 Å². The second-order valence-electron chi connectivity index (χ2n) is 7.46. The number of halogens is 1. The summed E-state index contributed by atoms with van der Waals surface area (Å²) < 4.78 is 0. The molecule has 1 aliphatic rings. The molecule has 0 aliphatic carbocycles. The van der Waals surface area contributed by atoms with Crippen LogP contribution in [0.3, 0.4) is 0 Å². The standard InChI is InChI=1S/C21H29ClN4OS/c1-4-18(14-26-11-9-25(3)10-12-26)24-20(27)13-19-21(23-15(2)28-19)16-5-7-17(22)8-6-16/h5-8,18H,4,9-14H2,1-3H3,(H,24,27)/t18-/m1/s1. The van der Waals surface area contributed by atoms with Crippen LogP contribution in [0.4, 0.5) is 0 Å². The van der Waals surface area contributed by atoms with Crippen LogP contribution < -0.4 is 5.32 Å². The molecule has 1 atom stereocenters. The number of likely N-dealkylation sites (N-methyl/N-ethyl adjacent to an activating group) is 1. The molecule has 0 saturated carbocycles. The first-order valence-corrected chi connectivity index (χ1v) is 11.1. The lowest BCUT2D eigenvalue weighted by molar-refractivity contribution is -0.121. The normalized spacial score (nSPS) is 16.9. The minimum atomic E-state index is 0.0693. The highest BCUT2D eigenvalue weighted by atomic mass is 35.5. The number of hydrogen-bond acceptors (Lipinski definition) is 5. The number of thiazole rings is 1. The van der Waals surface area contributed by atoms with Gasteiger partial charge < -0.3 is 10.2 Å². The summed E-state index contributed by atoms with van der Waals surface area (Å²) in [6.45, 7) is 9.35. The van der Waals surface area contributed by atoms with E-state index in [1.165, 1.54) is 0 Å². The zero-order valence-electron chi connectivity index (χ0n) is 16.9. The second kappa shape index (κ2) is 9.83. The smallest absolute Gasteiger partial charge is 0.225 e. The Bertz CT molecular complexity index is 784. The topological polar surface area (TPSA) is 48.5 Å². The lowest BCUT2D eigenvalue weighted by Crippen LogP contribution is -2.50. The van der Waals surface area contributed by atoms with E-state index in [1.54, 1.807) is 11.3 Å². The molecule has 2 aromatic rings. The van der Waals surface area contributed by atoms with Crippen molar-refractivity contribution in [2.45, 2.75) is 32.7 Å². The van der Waals surface area contributed by atoms with Crippen LogP contribution in [0, 0.1) is 6.92 Å². The van der Waals surface area contributed by atoms with E-state index in [1.807, 2.05) is 31.2 Å². The fraction of sp³-hybridized carbons (Fsp3) is 0.524. The molecular formula is C21H29ClN4OS. The number of benzene rings is 1. The number of carbonyl (C=O) groups is 1. The van der Waals surface area contributed by atoms with Crippen molar-refractivity contribution in [1.29, 1.82) is 0 Å². The van der Waals surface area contributed by atoms with Gasteiger partial charge in [0.1, 0.15) is 0 Å². The molecule has 2 heterocycles. The van der Waals surface area contributed by atoms with Gasteiger partial charge in [-0.05, 0) is 32.5 Å². The summed E-state index contributed by atoms with van der Waals surface area (Å²) in [5.74, 6) is 0.0693. The van der Waals surface area contributed by atoms with Crippen LogP contribution in [0.15, 0.2) is 24.3 Å². The lowest BCUT2D eigenvalue weighted by atomic mass is 10.1. The Labute approximate surface area is 176 Å². The van der Waals surface area contributed by atoms with E-state index < -0.39 is 0 Å². The number of aryl methyl sites for hydroxylation is 1. The Balaban J connectivity index is 1.61. The van der Waals surface area contributed by atoms with E-state index >= 15 is 0 Å². The second-order valence-corrected chi connectivity index (χ2v) is 9.19. The van der Waals surface area contributed by atoms with Crippen LogP contribution in [0.5, 0.6) is 0 Å². The molecular weight excluding hydrogens is 392 g/mol. The fourth-order valence-electron chi connectivity index (χ4n) is 3.47. The highest BCUT2D eigenvalue weighted by molar-refractivity contribution is 7.12. The first-order chi connectivity index (χ1) is 13.4. The molecule has 0 unspecified atom stereocenters. The summed E-state index contributed by atoms with van der Waals surface area (Å²) in [5.41, 5.74) is 1.89. The van der Waals surface area contributed by atoms with Crippen LogP contribution in [0.2, 0.25) is 5.02 Å². The molecule has 1 saturated heterocycles. The summed E-state index contributed by atoms with van der Waals surface area (Å²) in [5, 5.41) is 4.90. The predicted octanol–water partition coefficient (Wildman–Crippen LogP) is 3.46. The van der Waals surface area contributed by atoms with Crippen molar-refractivity contribution in [2.24, 2.45) is 0 Å². The van der Waals surface area contributed by atoms with Crippen LogP contribution in [0.1, 0.15) is 23.2 Å². The molecule has 1 amide bonds. The highest BCUT2D eigenvalue weighted by Gasteiger charge is 2.20. The third-order valence-electron chi connectivity index (χ3n) is 5.18. The number of aromatic nitrogens is 1. The average Bonchev–Trinajstić information content (AvgIpc) is 3.03. The van der Waals surface area contributed by atoms with Crippen LogP contribution in [-0.4, -0.2) is 66.5 Å².